The van der Waals surface area contributed by atoms with Crippen molar-refractivity contribution in [1.29, 1.82) is 0 Å². The Morgan fingerprint density at radius 1 is 1.32 bits per heavy atom. The quantitative estimate of drug-likeness (QED) is 0.813. The molecular weight excluding hydrogens is 332 g/mol. The Hall–Kier alpha value is -1.64. The molecule has 120 valence electrons. The van der Waals surface area contributed by atoms with Gasteiger partial charge in [0.2, 0.25) is 15.9 Å². The molecule has 1 aliphatic heterocycles. The summed E-state index contributed by atoms with van der Waals surface area (Å²) in [5.41, 5.74) is 0.356. The van der Waals surface area contributed by atoms with Crippen LogP contribution in [-0.2, 0) is 19.6 Å². The fraction of sp³-hybridized carbons (Fsp3) is 0.385. The van der Waals surface area contributed by atoms with Crippen LogP contribution in [0.5, 0.6) is 0 Å². The second-order valence-corrected chi connectivity index (χ2v) is 7.42. The van der Waals surface area contributed by atoms with Crippen LogP contribution in [0.1, 0.15) is 18.0 Å². The predicted molar refractivity (Wildman–Crippen MR) is 79.9 cm³/mol. The highest BCUT2D eigenvalue weighted by Crippen LogP contribution is 2.17. The van der Waals surface area contributed by atoms with Gasteiger partial charge >= 0.3 is 5.97 Å². The summed E-state index contributed by atoms with van der Waals surface area (Å²) in [4.78, 5) is 23.2. The van der Waals surface area contributed by atoms with E-state index in [0.717, 1.165) is 4.31 Å². The molecule has 0 bridgehead atoms. The molecule has 7 nitrogen and oxygen atoms in total. The Morgan fingerprint density at radius 2 is 1.95 bits per heavy atom. The monoisotopic (exact) mass is 346 g/mol. The zero-order valence-electron chi connectivity index (χ0n) is 11.5. The highest BCUT2D eigenvalue weighted by atomic mass is 35.5. The molecule has 9 heteroatoms. The zero-order valence-corrected chi connectivity index (χ0v) is 13.1. The standard InChI is InChI=1S/C13H15ClN2O5S/c14-10-4-2-9(3-5-10)12(13(18)19)15-11(17)8-16-6-1-7-22(16,20)21/h2-5,12H,1,6-8H2,(H,15,17)(H,18,19). The van der Waals surface area contributed by atoms with E-state index in [9.17, 15) is 23.1 Å². The van der Waals surface area contributed by atoms with Crippen molar-refractivity contribution >= 4 is 33.5 Å². The van der Waals surface area contributed by atoms with Crippen LogP contribution in [0.2, 0.25) is 5.02 Å². The summed E-state index contributed by atoms with van der Waals surface area (Å²) in [7, 11) is -3.40. The predicted octanol–water partition coefficient (Wildman–Crippen LogP) is 0.617. The van der Waals surface area contributed by atoms with Gasteiger partial charge in [-0.05, 0) is 24.1 Å². The normalized spacial score (nSPS) is 18.8. The number of carboxylic acids is 1. The molecule has 1 heterocycles. The van der Waals surface area contributed by atoms with Crippen molar-refractivity contribution in [3.8, 4) is 0 Å². The second kappa shape index (κ2) is 6.64. The van der Waals surface area contributed by atoms with Crippen LogP contribution in [0.4, 0.5) is 0 Å². The number of hydrogen-bond donors (Lipinski definition) is 2. The van der Waals surface area contributed by atoms with Gasteiger partial charge < -0.3 is 10.4 Å². The molecule has 1 aromatic rings. The minimum absolute atomic E-state index is 0.0137. The van der Waals surface area contributed by atoms with E-state index >= 15 is 0 Å². The summed E-state index contributed by atoms with van der Waals surface area (Å²) in [6.45, 7) is -0.103. The van der Waals surface area contributed by atoms with E-state index < -0.39 is 27.9 Å². The van der Waals surface area contributed by atoms with Gasteiger partial charge in [0.1, 0.15) is 0 Å². The average molecular weight is 347 g/mol. The van der Waals surface area contributed by atoms with Gasteiger partial charge in [0, 0.05) is 11.6 Å². The van der Waals surface area contributed by atoms with Gasteiger partial charge in [-0.3, -0.25) is 4.79 Å². The number of hydrogen-bond acceptors (Lipinski definition) is 4. The molecule has 2 N–H and O–H groups in total. The summed E-state index contributed by atoms with van der Waals surface area (Å²) in [5, 5.41) is 12.0. The SMILES string of the molecule is O=C(CN1CCCS1(=O)=O)NC(C(=O)O)c1ccc(Cl)cc1. The van der Waals surface area contributed by atoms with E-state index in [1.165, 1.54) is 24.3 Å². The molecule has 1 aliphatic rings. The lowest BCUT2D eigenvalue weighted by Gasteiger charge is -2.18. The first-order valence-electron chi connectivity index (χ1n) is 6.55. The molecule has 1 saturated heterocycles. The molecule has 1 unspecified atom stereocenters. The number of aliphatic carboxylic acids is 1. The zero-order chi connectivity index (χ0) is 16.3. The van der Waals surface area contributed by atoms with Gasteiger partial charge in [-0.1, -0.05) is 23.7 Å². The molecule has 0 aliphatic carbocycles. The first-order valence-corrected chi connectivity index (χ1v) is 8.54. The lowest BCUT2D eigenvalue weighted by atomic mass is 10.1. The van der Waals surface area contributed by atoms with Crippen LogP contribution in [0.3, 0.4) is 0 Å². The second-order valence-electron chi connectivity index (χ2n) is 4.89. The molecule has 1 atom stereocenters. The van der Waals surface area contributed by atoms with Crippen LogP contribution in [0.15, 0.2) is 24.3 Å². The number of carbonyl (C=O) groups is 2. The number of carbonyl (C=O) groups excluding carboxylic acids is 1. The number of nitrogens with zero attached hydrogens (tertiary/aromatic N) is 1. The number of benzene rings is 1. The molecule has 1 amide bonds. The maximum Gasteiger partial charge on any atom is 0.330 e. The Bertz CT molecular complexity index is 674. The summed E-state index contributed by atoms with van der Waals surface area (Å²) >= 11 is 5.74. The van der Waals surface area contributed by atoms with Crippen molar-refractivity contribution in [3.05, 3.63) is 34.9 Å². The van der Waals surface area contributed by atoms with Crippen LogP contribution in [0.25, 0.3) is 0 Å². The third-order valence-electron chi connectivity index (χ3n) is 3.28. The third kappa shape index (κ3) is 3.96. The van der Waals surface area contributed by atoms with Gasteiger partial charge in [0.15, 0.2) is 6.04 Å². The Kier molecular flexibility index (Phi) is 5.05. The fourth-order valence-corrected chi connectivity index (χ4v) is 3.78. The van der Waals surface area contributed by atoms with Gasteiger partial charge in [-0.25, -0.2) is 13.2 Å². The van der Waals surface area contributed by atoms with Crippen LogP contribution in [-0.4, -0.2) is 48.5 Å². The van der Waals surface area contributed by atoms with Crippen molar-refractivity contribution < 1.29 is 23.1 Å². The van der Waals surface area contributed by atoms with Crippen molar-refractivity contribution in [3.63, 3.8) is 0 Å². The highest BCUT2D eigenvalue weighted by molar-refractivity contribution is 7.89. The minimum atomic E-state index is -3.40. The van der Waals surface area contributed by atoms with E-state index in [0.29, 0.717) is 17.0 Å². The van der Waals surface area contributed by atoms with E-state index in [4.69, 9.17) is 11.6 Å². The van der Waals surface area contributed by atoms with E-state index in [1.807, 2.05) is 0 Å². The molecule has 1 fully saturated rings. The summed E-state index contributed by atoms with van der Waals surface area (Å²) in [5.74, 6) is -1.88. The maximum absolute atomic E-state index is 11.9. The Morgan fingerprint density at radius 3 is 2.45 bits per heavy atom. The van der Waals surface area contributed by atoms with Gasteiger partial charge in [0.25, 0.3) is 0 Å². The van der Waals surface area contributed by atoms with Gasteiger partial charge in [-0.15, -0.1) is 0 Å². The van der Waals surface area contributed by atoms with Crippen molar-refractivity contribution in [1.82, 2.24) is 9.62 Å². The summed E-state index contributed by atoms with van der Waals surface area (Å²) in [6, 6.07) is 4.77. The first-order chi connectivity index (χ1) is 10.3. The first kappa shape index (κ1) is 16.7. The number of carboxylic acid groups (broad SMARTS) is 1. The molecule has 0 saturated carbocycles. The number of nitrogens with one attached hydrogen (secondary N) is 1. The van der Waals surface area contributed by atoms with Gasteiger partial charge in [0.05, 0.1) is 12.3 Å². The number of amides is 1. The molecule has 0 radical (unpaired) electrons. The van der Waals surface area contributed by atoms with Crippen LogP contribution >= 0.6 is 11.6 Å². The lowest BCUT2D eigenvalue weighted by Crippen LogP contribution is -2.41. The van der Waals surface area contributed by atoms with Crippen LogP contribution in [0, 0.1) is 0 Å². The van der Waals surface area contributed by atoms with Crippen molar-refractivity contribution in [2.75, 3.05) is 18.8 Å². The smallest absolute Gasteiger partial charge is 0.330 e. The highest BCUT2D eigenvalue weighted by Gasteiger charge is 2.31. The molecule has 0 aromatic heterocycles. The van der Waals surface area contributed by atoms with Crippen molar-refractivity contribution in [2.24, 2.45) is 0 Å². The summed E-state index contributed by atoms with van der Waals surface area (Å²) < 4.78 is 24.3. The Labute approximate surface area is 132 Å². The molecule has 0 spiro atoms. The van der Waals surface area contributed by atoms with Crippen LogP contribution < -0.4 is 5.32 Å². The molecular formula is C13H15ClN2O5S. The fourth-order valence-electron chi connectivity index (χ4n) is 2.18. The number of sulfonamides is 1. The van der Waals surface area contributed by atoms with Crippen molar-refractivity contribution in [2.45, 2.75) is 12.5 Å². The lowest BCUT2D eigenvalue weighted by molar-refractivity contribution is -0.142. The topological polar surface area (TPSA) is 104 Å². The largest absolute Gasteiger partial charge is 0.479 e. The molecule has 22 heavy (non-hydrogen) atoms. The average Bonchev–Trinajstić information content (AvgIpc) is 2.76. The molecule has 2 rings (SSSR count). The maximum atomic E-state index is 11.9. The third-order valence-corrected chi connectivity index (χ3v) is 5.43. The Balaban J connectivity index is 2.06. The van der Waals surface area contributed by atoms with E-state index in [1.54, 1.807) is 0 Å². The number of rotatable bonds is 5. The van der Waals surface area contributed by atoms with Gasteiger partial charge in [-0.2, -0.15) is 4.31 Å². The van der Waals surface area contributed by atoms with E-state index in [-0.39, 0.29) is 18.8 Å². The van der Waals surface area contributed by atoms with E-state index in [2.05, 4.69) is 5.32 Å². The number of halogens is 1. The minimum Gasteiger partial charge on any atom is -0.479 e. The molecule has 1 aromatic carbocycles. The summed E-state index contributed by atoms with van der Waals surface area (Å²) in [6.07, 6.45) is 0.467.